The number of benzene rings is 1. The number of nitrogens with one attached hydrogen (secondary N) is 1. The van der Waals surface area contributed by atoms with Crippen LogP contribution in [0.1, 0.15) is 39.0 Å². The van der Waals surface area contributed by atoms with Gasteiger partial charge in [0.1, 0.15) is 0 Å². The Morgan fingerprint density at radius 3 is 2.60 bits per heavy atom. The van der Waals surface area contributed by atoms with Crippen LogP contribution in [0.2, 0.25) is 0 Å². The molecule has 0 unspecified atom stereocenters. The summed E-state index contributed by atoms with van der Waals surface area (Å²) >= 11 is 1.83. The van der Waals surface area contributed by atoms with Crippen LogP contribution in [0.25, 0.3) is 10.1 Å². The van der Waals surface area contributed by atoms with E-state index in [1.807, 2.05) is 25.4 Å². The summed E-state index contributed by atoms with van der Waals surface area (Å²) in [6.07, 6.45) is 5.90. The summed E-state index contributed by atoms with van der Waals surface area (Å²) in [4.78, 5) is 18.7. The Kier molecular flexibility index (Phi) is 6.54. The zero-order valence-corrected chi connectivity index (χ0v) is 19.5. The van der Waals surface area contributed by atoms with Crippen molar-refractivity contribution in [3.63, 3.8) is 0 Å². The monoisotopic (exact) mass is 428 g/mol. The average Bonchev–Trinajstić information content (AvgIpc) is 3.23. The van der Waals surface area contributed by atoms with Crippen molar-refractivity contribution in [3.05, 3.63) is 29.6 Å². The average molecular weight is 429 g/mol. The fourth-order valence-electron chi connectivity index (χ4n) is 4.91. The third kappa shape index (κ3) is 4.92. The molecule has 2 aliphatic rings. The van der Waals surface area contributed by atoms with Crippen LogP contribution in [0.5, 0.6) is 0 Å². The molecule has 1 saturated carbocycles. The third-order valence-electron chi connectivity index (χ3n) is 7.14. The van der Waals surface area contributed by atoms with E-state index in [-0.39, 0.29) is 6.03 Å². The summed E-state index contributed by atoms with van der Waals surface area (Å²) in [6.45, 7) is 8.18. The van der Waals surface area contributed by atoms with E-state index in [0.717, 1.165) is 39.0 Å². The van der Waals surface area contributed by atoms with E-state index >= 15 is 0 Å². The maximum atomic E-state index is 11.9. The molecule has 2 aromatic rings. The number of nitrogens with zero attached hydrogens (tertiary/aromatic N) is 3. The molecule has 1 aromatic heterocycles. The van der Waals surface area contributed by atoms with Crippen molar-refractivity contribution in [2.24, 2.45) is 5.41 Å². The Balaban J connectivity index is 1.22. The van der Waals surface area contributed by atoms with Crippen LogP contribution in [0.3, 0.4) is 0 Å². The summed E-state index contributed by atoms with van der Waals surface area (Å²) in [5.41, 5.74) is 1.82. The molecule has 1 N–H and O–H groups in total. The molecule has 1 saturated heterocycles. The van der Waals surface area contributed by atoms with Gasteiger partial charge in [-0.15, -0.1) is 11.3 Å². The zero-order chi connectivity index (χ0) is 21.1. The highest BCUT2D eigenvalue weighted by Gasteiger charge is 2.32. The van der Waals surface area contributed by atoms with Crippen LogP contribution in [0.4, 0.5) is 10.5 Å². The van der Waals surface area contributed by atoms with Crippen LogP contribution in [0, 0.1) is 5.41 Å². The van der Waals surface area contributed by atoms with Gasteiger partial charge in [-0.25, -0.2) is 4.79 Å². The maximum Gasteiger partial charge on any atom is 0.317 e. The number of carbonyl (C=O) groups is 1. The molecule has 2 amide bonds. The lowest BCUT2D eigenvalue weighted by atomic mass is 9.72. The van der Waals surface area contributed by atoms with Crippen molar-refractivity contribution >= 4 is 33.1 Å². The van der Waals surface area contributed by atoms with Crippen molar-refractivity contribution in [1.29, 1.82) is 0 Å². The Hall–Kier alpha value is -1.79. The highest BCUT2D eigenvalue weighted by Crippen LogP contribution is 2.39. The number of hydrogen-bond donors (Lipinski definition) is 1. The van der Waals surface area contributed by atoms with Gasteiger partial charge in [0.15, 0.2) is 0 Å². The topological polar surface area (TPSA) is 38.8 Å². The van der Waals surface area contributed by atoms with E-state index in [0.29, 0.717) is 11.5 Å². The summed E-state index contributed by atoms with van der Waals surface area (Å²) in [6, 6.07) is 9.34. The van der Waals surface area contributed by atoms with E-state index in [4.69, 9.17) is 0 Å². The van der Waals surface area contributed by atoms with Gasteiger partial charge in [-0.1, -0.05) is 13.0 Å². The van der Waals surface area contributed by atoms with Gasteiger partial charge in [-0.2, -0.15) is 0 Å². The van der Waals surface area contributed by atoms with Crippen LogP contribution < -0.4 is 10.2 Å². The summed E-state index contributed by atoms with van der Waals surface area (Å²) in [5, 5.41) is 6.77. The Labute approximate surface area is 185 Å². The molecular weight excluding hydrogens is 392 g/mol. The highest BCUT2D eigenvalue weighted by atomic mass is 32.1. The molecule has 1 aromatic carbocycles. The van der Waals surface area contributed by atoms with Crippen molar-refractivity contribution in [2.45, 2.75) is 45.1 Å². The quantitative estimate of drug-likeness (QED) is 0.754. The number of rotatable bonds is 5. The second-order valence-corrected chi connectivity index (χ2v) is 10.6. The number of hydrogen-bond acceptors (Lipinski definition) is 4. The molecule has 6 heteroatoms. The van der Waals surface area contributed by atoms with Gasteiger partial charge in [0, 0.05) is 62.1 Å². The molecule has 30 heavy (non-hydrogen) atoms. The molecule has 2 heterocycles. The minimum absolute atomic E-state index is 0.0413. The molecule has 4 rings (SSSR count). The number of urea groups is 1. The number of piperazine rings is 1. The fourth-order valence-corrected chi connectivity index (χ4v) is 5.71. The van der Waals surface area contributed by atoms with E-state index in [1.165, 1.54) is 41.6 Å². The number of carbonyl (C=O) groups excluding carboxylic acids is 1. The minimum atomic E-state index is 0.0413. The van der Waals surface area contributed by atoms with Crippen molar-refractivity contribution in [2.75, 3.05) is 51.7 Å². The molecule has 0 radical (unpaired) electrons. The van der Waals surface area contributed by atoms with Gasteiger partial charge in [-0.3, -0.25) is 4.90 Å². The van der Waals surface area contributed by atoms with Crippen LogP contribution in [-0.4, -0.2) is 68.7 Å². The summed E-state index contributed by atoms with van der Waals surface area (Å²) in [7, 11) is 3.62. The van der Waals surface area contributed by atoms with Gasteiger partial charge in [0.2, 0.25) is 0 Å². The molecule has 5 nitrogen and oxygen atoms in total. The lowest BCUT2D eigenvalue weighted by molar-refractivity contribution is 0.136. The molecule has 2 fully saturated rings. The van der Waals surface area contributed by atoms with Crippen molar-refractivity contribution in [3.8, 4) is 0 Å². The van der Waals surface area contributed by atoms with Crippen LogP contribution in [-0.2, 0) is 0 Å². The second-order valence-electron chi connectivity index (χ2n) is 9.62. The number of thiophene rings is 1. The molecule has 0 atom stereocenters. The van der Waals surface area contributed by atoms with Gasteiger partial charge in [-0.05, 0) is 67.6 Å². The smallest absolute Gasteiger partial charge is 0.317 e. The molecular formula is C24H36N4OS. The van der Waals surface area contributed by atoms with Gasteiger partial charge < -0.3 is 15.1 Å². The lowest BCUT2D eigenvalue weighted by Crippen LogP contribution is -2.48. The molecule has 0 bridgehead atoms. The minimum Gasteiger partial charge on any atom is -0.368 e. The fraction of sp³-hybridized carbons (Fsp3) is 0.625. The third-order valence-corrected chi connectivity index (χ3v) is 8.03. The van der Waals surface area contributed by atoms with Gasteiger partial charge >= 0.3 is 6.03 Å². The maximum absolute atomic E-state index is 11.9. The molecule has 1 aliphatic heterocycles. The van der Waals surface area contributed by atoms with Crippen molar-refractivity contribution < 1.29 is 4.79 Å². The Morgan fingerprint density at radius 2 is 1.90 bits per heavy atom. The van der Waals surface area contributed by atoms with E-state index in [2.05, 4.69) is 51.7 Å². The molecule has 164 valence electrons. The normalized spacial score (nSPS) is 25.4. The number of amides is 2. The lowest BCUT2D eigenvalue weighted by Gasteiger charge is -2.41. The summed E-state index contributed by atoms with van der Waals surface area (Å²) in [5.74, 6) is 0. The number of fused-ring (bicyclic) bond motifs is 1. The first-order chi connectivity index (χ1) is 14.4. The van der Waals surface area contributed by atoms with E-state index < -0.39 is 0 Å². The first-order valence-corrected chi connectivity index (χ1v) is 12.2. The Bertz CT molecular complexity index is 848. The predicted molar refractivity (Wildman–Crippen MR) is 128 cm³/mol. The summed E-state index contributed by atoms with van der Waals surface area (Å²) < 4.78 is 1.39. The zero-order valence-electron chi connectivity index (χ0n) is 18.7. The first-order valence-electron chi connectivity index (χ1n) is 11.3. The first kappa shape index (κ1) is 21.4. The second kappa shape index (κ2) is 9.15. The van der Waals surface area contributed by atoms with Crippen LogP contribution in [0.15, 0.2) is 29.6 Å². The van der Waals surface area contributed by atoms with Crippen molar-refractivity contribution in [1.82, 2.24) is 15.1 Å². The number of anilines is 1. The SMILES string of the molecule is CN(C)C(=O)NC1CCC(C)(CCN2CCN(c3cccc4sccc34)CC2)CC1. The van der Waals surface area contributed by atoms with E-state index in [9.17, 15) is 4.79 Å². The molecule has 0 spiro atoms. The van der Waals surface area contributed by atoms with Crippen LogP contribution >= 0.6 is 11.3 Å². The molecule has 1 aliphatic carbocycles. The standard InChI is InChI=1S/C24H36N4OS/c1-24(10-7-19(8-11-24)25-23(29)26(2)3)12-13-27-14-16-28(17-15-27)21-5-4-6-22-20(21)9-18-30-22/h4-6,9,18-19H,7-8,10-17H2,1-3H3,(H,25,29). The Morgan fingerprint density at radius 1 is 1.17 bits per heavy atom. The predicted octanol–water partition coefficient (Wildman–Crippen LogP) is 4.63. The van der Waals surface area contributed by atoms with Gasteiger partial charge in [0.05, 0.1) is 0 Å². The van der Waals surface area contributed by atoms with Gasteiger partial charge in [0.25, 0.3) is 0 Å². The van der Waals surface area contributed by atoms with E-state index in [1.54, 1.807) is 4.90 Å². The largest absolute Gasteiger partial charge is 0.368 e. The highest BCUT2D eigenvalue weighted by molar-refractivity contribution is 7.17.